The summed E-state index contributed by atoms with van der Waals surface area (Å²) in [6.07, 6.45) is 0. The van der Waals surface area contributed by atoms with Crippen molar-refractivity contribution >= 4 is 76.5 Å². The van der Waals surface area contributed by atoms with E-state index in [-0.39, 0.29) is 0 Å². The first-order valence-corrected chi connectivity index (χ1v) is 20.7. The second kappa shape index (κ2) is 13.9. The number of hydrogen-bond donors (Lipinski definition) is 0. The second-order valence-electron chi connectivity index (χ2n) is 15.8. The number of fused-ring (bicyclic) bond motifs is 8. The number of hydrogen-bond acceptors (Lipinski definition) is 1. The van der Waals surface area contributed by atoms with Crippen LogP contribution in [0.2, 0.25) is 0 Å². The highest BCUT2D eigenvalue weighted by atomic mass is 15.1. The zero-order valence-corrected chi connectivity index (χ0v) is 32.9. The molecule has 0 saturated carbocycles. The highest BCUT2D eigenvalue weighted by molar-refractivity contribution is 6.13. The Morgan fingerprint density at radius 1 is 0.317 bits per heavy atom. The SMILES string of the molecule is c1ccc(N(Cc2ccc(-n3c4ccccc4c4cc(-c5ccc6c(c5)c5ccccc5n6-c5ccc6ccccc6c5)ccc43)cc2)c2cccc3ccccc23)cc1. The summed E-state index contributed by atoms with van der Waals surface area (Å²) in [5, 5.41) is 9.99. The largest absolute Gasteiger partial charge is 0.336 e. The summed E-state index contributed by atoms with van der Waals surface area (Å²) in [5.41, 5.74) is 13.2. The maximum absolute atomic E-state index is 2.43. The van der Waals surface area contributed by atoms with E-state index in [2.05, 4.69) is 238 Å². The van der Waals surface area contributed by atoms with Gasteiger partial charge in [0.25, 0.3) is 0 Å². The highest BCUT2D eigenvalue weighted by Gasteiger charge is 2.18. The number of para-hydroxylation sites is 3. The average Bonchev–Trinajstić information content (AvgIpc) is 3.83. The Bertz CT molecular complexity index is 3570. The highest BCUT2D eigenvalue weighted by Crippen LogP contribution is 2.39. The van der Waals surface area contributed by atoms with Crippen LogP contribution in [0.5, 0.6) is 0 Å². The summed E-state index contributed by atoms with van der Waals surface area (Å²) in [6, 6.07) is 82.0. The van der Waals surface area contributed by atoms with Crippen molar-refractivity contribution in [1.29, 1.82) is 0 Å². The van der Waals surface area contributed by atoms with Crippen LogP contribution in [-0.2, 0) is 6.54 Å². The first-order valence-electron chi connectivity index (χ1n) is 20.7. The number of benzene rings is 10. The van der Waals surface area contributed by atoms with Crippen molar-refractivity contribution in [1.82, 2.24) is 9.13 Å². The summed E-state index contributed by atoms with van der Waals surface area (Å²) < 4.78 is 4.82. The zero-order valence-electron chi connectivity index (χ0n) is 32.9. The van der Waals surface area contributed by atoms with E-state index in [1.807, 2.05) is 0 Å². The van der Waals surface area contributed by atoms with E-state index in [4.69, 9.17) is 0 Å². The van der Waals surface area contributed by atoms with Crippen LogP contribution in [0.1, 0.15) is 5.56 Å². The molecule has 282 valence electrons. The molecule has 0 atom stereocenters. The molecule has 12 aromatic rings. The van der Waals surface area contributed by atoms with Crippen LogP contribution in [-0.4, -0.2) is 9.13 Å². The van der Waals surface area contributed by atoms with Gasteiger partial charge in [-0.05, 0) is 112 Å². The van der Waals surface area contributed by atoms with Crippen LogP contribution in [0.25, 0.3) is 87.7 Å². The summed E-state index contributed by atoms with van der Waals surface area (Å²) >= 11 is 0. The fourth-order valence-electron chi connectivity index (χ4n) is 9.48. The Morgan fingerprint density at radius 2 is 0.833 bits per heavy atom. The van der Waals surface area contributed by atoms with E-state index in [0.717, 1.165) is 12.2 Å². The van der Waals surface area contributed by atoms with Crippen LogP contribution >= 0.6 is 0 Å². The minimum Gasteiger partial charge on any atom is -0.336 e. The maximum Gasteiger partial charge on any atom is 0.0541 e. The van der Waals surface area contributed by atoms with Crippen LogP contribution in [0.3, 0.4) is 0 Å². The molecule has 2 aromatic heterocycles. The van der Waals surface area contributed by atoms with Crippen molar-refractivity contribution in [2.24, 2.45) is 0 Å². The van der Waals surface area contributed by atoms with Crippen molar-refractivity contribution in [3.63, 3.8) is 0 Å². The summed E-state index contributed by atoms with van der Waals surface area (Å²) in [7, 11) is 0. The Labute approximate surface area is 348 Å². The predicted octanol–water partition coefficient (Wildman–Crippen LogP) is 15.2. The van der Waals surface area contributed by atoms with Crippen LogP contribution in [0.4, 0.5) is 11.4 Å². The summed E-state index contributed by atoms with van der Waals surface area (Å²) in [4.78, 5) is 2.43. The van der Waals surface area contributed by atoms with Crippen molar-refractivity contribution in [3.05, 3.63) is 230 Å². The fraction of sp³-hybridized carbons (Fsp3) is 0.0175. The fourth-order valence-corrected chi connectivity index (χ4v) is 9.48. The Kier molecular flexibility index (Phi) is 7.92. The molecule has 12 rings (SSSR count). The molecular formula is C57H39N3. The number of rotatable bonds is 7. The lowest BCUT2D eigenvalue weighted by molar-refractivity contribution is 0.978. The average molecular weight is 766 g/mol. The molecule has 0 N–H and O–H groups in total. The molecule has 0 fully saturated rings. The van der Waals surface area contributed by atoms with Gasteiger partial charge in [0.2, 0.25) is 0 Å². The number of nitrogens with zero attached hydrogens (tertiary/aromatic N) is 3. The van der Waals surface area contributed by atoms with E-state index in [1.54, 1.807) is 0 Å². The third-order valence-electron chi connectivity index (χ3n) is 12.3. The van der Waals surface area contributed by atoms with Gasteiger partial charge < -0.3 is 14.0 Å². The molecule has 3 heteroatoms. The minimum atomic E-state index is 0.750. The molecule has 3 nitrogen and oxygen atoms in total. The van der Waals surface area contributed by atoms with E-state index in [9.17, 15) is 0 Å². The van der Waals surface area contributed by atoms with Crippen LogP contribution < -0.4 is 4.90 Å². The third-order valence-corrected chi connectivity index (χ3v) is 12.3. The molecular weight excluding hydrogens is 727 g/mol. The van der Waals surface area contributed by atoms with Gasteiger partial charge in [-0.3, -0.25) is 0 Å². The number of anilines is 2. The van der Waals surface area contributed by atoms with E-state index < -0.39 is 0 Å². The molecule has 60 heavy (non-hydrogen) atoms. The lowest BCUT2D eigenvalue weighted by atomic mass is 10.0. The molecule has 0 saturated heterocycles. The van der Waals surface area contributed by atoms with Crippen LogP contribution in [0, 0.1) is 0 Å². The molecule has 0 aliphatic rings. The third kappa shape index (κ3) is 5.59. The van der Waals surface area contributed by atoms with Gasteiger partial charge in [0.1, 0.15) is 0 Å². The molecule has 0 bridgehead atoms. The lowest BCUT2D eigenvalue weighted by Gasteiger charge is -2.27. The maximum atomic E-state index is 2.43. The second-order valence-corrected chi connectivity index (χ2v) is 15.8. The lowest BCUT2D eigenvalue weighted by Crippen LogP contribution is -2.16. The molecule has 10 aromatic carbocycles. The van der Waals surface area contributed by atoms with Crippen molar-refractivity contribution in [2.45, 2.75) is 6.54 Å². The van der Waals surface area contributed by atoms with Gasteiger partial charge in [0.05, 0.1) is 22.1 Å². The van der Waals surface area contributed by atoms with E-state index >= 15 is 0 Å². The van der Waals surface area contributed by atoms with Crippen molar-refractivity contribution in [2.75, 3.05) is 4.90 Å². The van der Waals surface area contributed by atoms with Crippen LogP contribution in [0.15, 0.2) is 224 Å². The van der Waals surface area contributed by atoms with Crippen molar-refractivity contribution in [3.8, 4) is 22.5 Å². The van der Waals surface area contributed by atoms with Gasteiger partial charge in [-0.15, -0.1) is 0 Å². The van der Waals surface area contributed by atoms with E-state index in [1.165, 1.54) is 98.9 Å². The van der Waals surface area contributed by atoms with Gasteiger partial charge >= 0.3 is 0 Å². The smallest absolute Gasteiger partial charge is 0.0541 e. The monoisotopic (exact) mass is 765 g/mol. The van der Waals surface area contributed by atoms with Gasteiger partial charge in [-0.2, -0.15) is 0 Å². The Balaban J connectivity index is 0.927. The Hall–Kier alpha value is -7.88. The molecule has 0 unspecified atom stereocenters. The molecule has 0 aliphatic heterocycles. The summed E-state index contributed by atoms with van der Waals surface area (Å²) in [6.45, 7) is 0.750. The molecule has 0 radical (unpaired) electrons. The molecule has 0 amide bonds. The first kappa shape index (κ1) is 34.2. The van der Waals surface area contributed by atoms with Gasteiger partial charge in [0, 0.05) is 56.2 Å². The predicted molar refractivity (Wildman–Crippen MR) is 254 cm³/mol. The van der Waals surface area contributed by atoms with E-state index in [0.29, 0.717) is 0 Å². The molecule has 0 spiro atoms. The van der Waals surface area contributed by atoms with Gasteiger partial charge in [-0.1, -0.05) is 146 Å². The summed E-state index contributed by atoms with van der Waals surface area (Å²) in [5.74, 6) is 0. The van der Waals surface area contributed by atoms with Gasteiger partial charge in [0.15, 0.2) is 0 Å². The van der Waals surface area contributed by atoms with Gasteiger partial charge in [-0.25, -0.2) is 0 Å². The Morgan fingerprint density at radius 3 is 1.52 bits per heavy atom. The standard InChI is InChI=1S/C57H39N3/c1-2-17-45(18-3-1)58(53-24-12-16-41-14-6-7-19-48(41)53)38-39-25-30-46(31-26-39)59-54-22-10-8-20-49(54)51-36-43(28-33-56(51)59)44-29-34-57-52(37-44)50-21-9-11-23-55(50)60(57)47-32-27-40-13-4-5-15-42(40)35-47/h1-37H,38H2. The molecule has 0 aliphatic carbocycles. The topological polar surface area (TPSA) is 13.1 Å². The van der Waals surface area contributed by atoms with Crippen molar-refractivity contribution < 1.29 is 0 Å². The quantitative estimate of drug-likeness (QED) is 0.157. The number of aromatic nitrogens is 2. The first-order chi connectivity index (χ1) is 29.7. The zero-order chi connectivity index (χ0) is 39.6. The minimum absolute atomic E-state index is 0.750. The molecule has 2 heterocycles. The normalized spacial score (nSPS) is 11.7.